The van der Waals surface area contributed by atoms with Gasteiger partial charge in [0.2, 0.25) is 6.54 Å². The molecule has 1 aromatic heterocycles. The van der Waals surface area contributed by atoms with Gasteiger partial charge in [-0.05, 0) is 36.2 Å². The number of ether oxygens (including phenoxy) is 2. The molecule has 0 spiro atoms. The summed E-state index contributed by atoms with van der Waals surface area (Å²) in [4.78, 5) is 14.3. The van der Waals surface area contributed by atoms with Crippen molar-refractivity contribution in [3.63, 3.8) is 0 Å². The minimum atomic E-state index is -0.490. The molecule has 2 aromatic carbocycles. The molecule has 0 bridgehead atoms. The van der Waals surface area contributed by atoms with Crippen molar-refractivity contribution in [3.05, 3.63) is 81.5 Å². The second kappa shape index (κ2) is 8.80. The predicted octanol–water partition coefficient (Wildman–Crippen LogP) is 5.19. The Morgan fingerprint density at radius 2 is 2.11 bits per heavy atom. The topological polar surface area (TPSA) is 77.4 Å². The summed E-state index contributed by atoms with van der Waals surface area (Å²) in [6.45, 7) is 5.91. The van der Waals surface area contributed by atoms with Gasteiger partial charge in [-0.1, -0.05) is 42.5 Å². The molecule has 0 saturated carbocycles. The third-order valence-electron chi connectivity index (χ3n) is 4.41. The number of halogens is 1. The van der Waals surface area contributed by atoms with Gasteiger partial charge >= 0.3 is 0 Å². The molecule has 0 radical (unpaired) electrons. The second-order valence-corrected chi connectivity index (χ2v) is 6.63. The number of fused-ring (bicyclic) bond motifs is 1. The third-order valence-corrected chi connectivity index (χ3v) is 4.69. The van der Waals surface area contributed by atoms with Gasteiger partial charge in [0.1, 0.15) is 6.61 Å². The number of nitrogens with one attached hydrogen (secondary N) is 1. The Labute approximate surface area is 167 Å². The van der Waals surface area contributed by atoms with Crippen LogP contribution in [0, 0.1) is 10.1 Å². The fraction of sp³-hybridized carbons (Fsp3) is 0.238. The number of benzene rings is 2. The summed E-state index contributed by atoms with van der Waals surface area (Å²) >= 11 is 6.45. The molecule has 28 heavy (non-hydrogen) atoms. The van der Waals surface area contributed by atoms with E-state index in [2.05, 4.69) is 11.6 Å². The first-order chi connectivity index (χ1) is 13.5. The van der Waals surface area contributed by atoms with Gasteiger partial charge in [0.25, 0.3) is 0 Å². The molecule has 0 unspecified atom stereocenters. The summed E-state index contributed by atoms with van der Waals surface area (Å²) in [7, 11) is 0. The summed E-state index contributed by atoms with van der Waals surface area (Å²) in [6.07, 6.45) is 3.43. The fourth-order valence-electron chi connectivity index (χ4n) is 3.25. The first-order valence-corrected chi connectivity index (χ1v) is 9.30. The van der Waals surface area contributed by atoms with E-state index in [1.165, 1.54) is 0 Å². The van der Waals surface area contributed by atoms with E-state index in [1.54, 1.807) is 18.2 Å². The summed E-state index contributed by atoms with van der Waals surface area (Å²) in [5.41, 5.74) is 2.46. The quantitative estimate of drug-likeness (QED) is 0.304. The van der Waals surface area contributed by atoms with E-state index in [4.69, 9.17) is 21.1 Å². The first-order valence-electron chi connectivity index (χ1n) is 8.92. The molecule has 3 rings (SSSR count). The summed E-state index contributed by atoms with van der Waals surface area (Å²) < 4.78 is 11.3. The zero-order valence-electron chi connectivity index (χ0n) is 15.5. The molecular weight excluding hydrogens is 380 g/mol. The number of H-pyrrole nitrogens is 1. The van der Waals surface area contributed by atoms with E-state index in [1.807, 2.05) is 37.4 Å². The van der Waals surface area contributed by atoms with Crippen LogP contribution in [0.3, 0.4) is 0 Å². The van der Waals surface area contributed by atoms with Crippen molar-refractivity contribution in [1.82, 2.24) is 4.98 Å². The monoisotopic (exact) mass is 400 g/mol. The van der Waals surface area contributed by atoms with Crippen LogP contribution in [0.5, 0.6) is 11.5 Å². The Bertz CT molecular complexity index is 999. The maximum atomic E-state index is 11.4. The van der Waals surface area contributed by atoms with Crippen molar-refractivity contribution in [2.24, 2.45) is 0 Å². The molecule has 0 fully saturated rings. The van der Waals surface area contributed by atoms with Crippen molar-refractivity contribution < 1.29 is 14.4 Å². The molecule has 1 atom stereocenters. The van der Waals surface area contributed by atoms with Crippen LogP contribution in [0.4, 0.5) is 0 Å². The highest BCUT2D eigenvalue weighted by Gasteiger charge is 2.26. The van der Waals surface area contributed by atoms with Gasteiger partial charge in [-0.15, -0.1) is 0 Å². The van der Waals surface area contributed by atoms with Gasteiger partial charge in [-0.2, -0.15) is 0 Å². The van der Waals surface area contributed by atoms with Crippen LogP contribution in [-0.4, -0.2) is 29.7 Å². The summed E-state index contributed by atoms with van der Waals surface area (Å²) in [5, 5.41) is 12.7. The standard InChI is InChI=1S/C21H21ClN2O4/c1-3-9-28-21-18(22)10-14(11-20(21)27-4-2)17(13-24(25)26)16-12-23-19-8-6-5-7-15(16)19/h3,5-8,10-12,17,23H,1,4,9,13H2,2H3/t17-/m0/s1. The molecule has 6 nitrogen and oxygen atoms in total. The van der Waals surface area contributed by atoms with Crippen molar-refractivity contribution >= 4 is 22.5 Å². The van der Waals surface area contributed by atoms with E-state index in [0.29, 0.717) is 28.7 Å². The van der Waals surface area contributed by atoms with E-state index >= 15 is 0 Å². The lowest BCUT2D eigenvalue weighted by Crippen LogP contribution is -2.14. The molecule has 0 amide bonds. The average molecular weight is 401 g/mol. The van der Waals surface area contributed by atoms with E-state index in [0.717, 1.165) is 16.5 Å². The Balaban J connectivity index is 2.12. The Morgan fingerprint density at radius 3 is 2.82 bits per heavy atom. The number of rotatable bonds is 9. The lowest BCUT2D eigenvalue weighted by atomic mass is 9.90. The van der Waals surface area contributed by atoms with E-state index in [-0.39, 0.29) is 18.1 Å². The molecule has 0 aliphatic carbocycles. The largest absolute Gasteiger partial charge is 0.490 e. The van der Waals surface area contributed by atoms with Gasteiger partial charge < -0.3 is 14.5 Å². The van der Waals surface area contributed by atoms with Crippen molar-refractivity contribution in [2.75, 3.05) is 19.8 Å². The molecule has 0 aliphatic heterocycles. The number of hydrogen-bond donors (Lipinski definition) is 1. The second-order valence-electron chi connectivity index (χ2n) is 6.22. The van der Waals surface area contributed by atoms with E-state index in [9.17, 15) is 10.1 Å². The van der Waals surface area contributed by atoms with Crippen LogP contribution in [0.1, 0.15) is 24.0 Å². The molecule has 0 saturated heterocycles. The van der Waals surface area contributed by atoms with Gasteiger partial charge in [-0.25, -0.2) is 0 Å². The first kappa shape index (κ1) is 19.8. The number of nitro groups is 1. The molecule has 0 aliphatic rings. The smallest absolute Gasteiger partial charge is 0.214 e. The normalized spacial score (nSPS) is 11.9. The van der Waals surface area contributed by atoms with Crippen LogP contribution in [0.25, 0.3) is 10.9 Å². The summed E-state index contributed by atoms with van der Waals surface area (Å²) in [6, 6.07) is 11.2. The predicted molar refractivity (Wildman–Crippen MR) is 110 cm³/mol. The molecular formula is C21H21ClN2O4. The highest BCUT2D eigenvalue weighted by Crippen LogP contribution is 2.41. The number of aromatic nitrogens is 1. The number of hydrogen-bond acceptors (Lipinski definition) is 4. The van der Waals surface area contributed by atoms with Gasteiger partial charge in [-0.3, -0.25) is 10.1 Å². The zero-order chi connectivity index (χ0) is 20.1. The Hall–Kier alpha value is -2.99. The minimum Gasteiger partial charge on any atom is -0.490 e. The number of aromatic amines is 1. The van der Waals surface area contributed by atoms with Crippen molar-refractivity contribution in [2.45, 2.75) is 12.8 Å². The molecule has 3 aromatic rings. The molecule has 1 N–H and O–H groups in total. The average Bonchev–Trinajstić information content (AvgIpc) is 3.09. The van der Waals surface area contributed by atoms with Crippen LogP contribution in [0.2, 0.25) is 5.02 Å². The maximum absolute atomic E-state index is 11.4. The lowest BCUT2D eigenvalue weighted by molar-refractivity contribution is -0.481. The molecule has 146 valence electrons. The van der Waals surface area contributed by atoms with Crippen LogP contribution >= 0.6 is 11.6 Å². The maximum Gasteiger partial charge on any atom is 0.214 e. The Kier molecular flexibility index (Phi) is 6.21. The van der Waals surface area contributed by atoms with Crippen molar-refractivity contribution in [1.29, 1.82) is 0 Å². The highest BCUT2D eigenvalue weighted by atomic mass is 35.5. The van der Waals surface area contributed by atoms with E-state index < -0.39 is 5.92 Å². The molecule has 7 heteroatoms. The van der Waals surface area contributed by atoms with Gasteiger partial charge in [0, 0.05) is 22.0 Å². The third kappa shape index (κ3) is 4.12. The number of para-hydroxylation sites is 1. The highest BCUT2D eigenvalue weighted by molar-refractivity contribution is 6.32. The number of nitrogens with zero attached hydrogens (tertiary/aromatic N) is 1. The Morgan fingerprint density at radius 1 is 1.32 bits per heavy atom. The van der Waals surface area contributed by atoms with Crippen molar-refractivity contribution in [3.8, 4) is 11.5 Å². The van der Waals surface area contributed by atoms with Crippen LogP contribution in [-0.2, 0) is 0 Å². The van der Waals surface area contributed by atoms with Crippen LogP contribution < -0.4 is 9.47 Å². The minimum absolute atomic E-state index is 0.267. The van der Waals surface area contributed by atoms with Crippen LogP contribution in [0.15, 0.2) is 55.3 Å². The SMILES string of the molecule is C=CCOc1c(Cl)cc([C@H](C[N+](=O)[O-])c2c[nH]c3ccccc23)cc1OCC. The summed E-state index contributed by atoms with van der Waals surface area (Å²) in [5.74, 6) is 0.377. The van der Waals surface area contributed by atoms with Gasteiger partial charge in [0.05, 0.1) is 17.5 Å². The van der Waals surface area contributed by atoms with Gasteiger partial charge in [0.15, 0.2) is 11.5 Å². The zero-order valence-corrected chi connectivity index (χ0v) is 16.2. The fourth-order valence-corrected chi connectivity index (χ4v) is 3.52. The molecule has 1 heterocycles. The lowest BCUT2D eigenvalue weighted by Gasteiger charge is -2.18.